The molecule has 4 nitrogen and oxygen atoms in total. The van der Waals surface area contributed by atoms with Crippen LogP contribution in [0.15, 0.2) is 54.6 Å². The van der Waals surface area contributed by atoms with E-state index in [1.54, 1.807) is 24.1 Å². The molecule has 1 saturated carbocycles. The highest BCUT2D eigenvalue weighted by molar-refractivity contribution is 5.94. The number of hydrogen-bond acceptors (Lipinski definition) is 2. The Balaban J connectivity index is 1.47. The molecule has 0 atom stereocenters. The summed E-state index contributed by atoms with van der Waals surface area (Å²) in [5, 5.41) is 2.92. The standard InChI is InChI=1S/C22H25FN2O2/c1-25(20-5-3-2-4-6-20)22(27)18-11-9-17(10-12-18)21(26)24-15-16-7-13-19(23)14-8-16/h2-8,13-14,17-18H,9-12,15H2,1H3,(H,24,26). The molecular weight excluding hydrogens is 343 g/mol. The summed E-state index contributed by atoms with van der Waals surface area (Å²) in [4.78, 5) is 26.8. The van der Waals surface area contributed by atoms with Gasteiger partial charge in [-0.1, -0.05) is 30.3 Å². The van der Waals surface area contributed by atoms with Gasteiger partial charge in [0.25, 0.3) is 0 Å². The Morgan fingerprint density at radius 1 is 0.963 bits per heavy atom. The van der Waals surface area contributed by atoms with Gasteiger partial charge in [-0.05, 0) is 55.5 Å². The number of hydrogen-bond donors (Lipinski definition) is 1. The van der Waals surface area contributed by atoms with E-state index in [0.29, 0.717) is 19.4 Å². The first kappa shape index (κ1) is 19.1. The van der Waals surface area contributed by atoms with Crippen LogP contribution in [0.25, 0.3) is 0 Å². The van der Waals surface area contributed by atoms with Gasteiger partial charge in [-0.2, -0.15) is 0 Å². The van der Waals surface area contributed by atoms with E-state index < -0.39 is 0 Å². The summed E-state index contributed by atoms with van der Waals surface area (Å²) in [5.41, 5.74) is 1.76. The Labute approximate surface area is 159 Å². The molecule has 1 aliphatic rings. The maximum absolute atomic E-state index is 12.9. The van der Waals surface area contributed by atoms with Gasteiger partial charge in [-0.3, -0.25) is 9.59 Å². The number of halogens is 1. The van der Waals surface area contributed by atoms with Crippen molar-refractivity contribution >= 4 is 17.5 Å². The number of carbonyl (C=O) groups is 2. The summed E-state index contributed by atoms with van der Waals surface area (Å²) in [6.45, 7) is 0.398. The molecule has 27 heavy (non-hydrogen) atoms. The van der Waals surface area contributed by atoms with Crippen LogP contribution in [0, 0.1) is 17.7 Å². The third kappa shape index (κ3) is 4.94. The molecule has 2 amide bonds. The van der Waals surface area contributed by atoms with E-state index in [4.69, 9.17) is 0 Å². The first-order valence-corrected chi connectivity index (χ1v) is 9.39. The van der Waals surface area contributed by atoms with Crippen molar-refractivity contribution in [2.75, 3.05) is 11.9 Å². The molecule has 2 aromatic rings. The molecule has 5 heteroatoms. The largest absolute Gasteiger partial charge is 0.352 e. The maximum Gasteiger partial charge on any atom is 0.229 e. The quantitative estimate of drug-likeness (QED) is 0.870. The number of amides is 2. The molecule has 0 spiro atoms. The molecule has 0 aromatic heterocycles. The Morgan fingerprint density at radius 2 is 1.56 bits per heavy atom. The molecule has 1 aliphatic carbocycles. The minimum atomic E-state index is -0.284. The SMILES string of the molecule is CN(C(=O)C1CCC(C(=O)NCc2ccc(F)cc2)CC1)c1ccccc1. The predicted molar refractivity (Wildman–Crippen MR) is 104 cm³/mol. The zero-order chi connectivity index (χ0) is 19.2. The molecule has 0 aliphatic heterocycles. The highest BCUT2D eigenvalue weighted by atomic mass is 19.1. The normalized spacial score (nSPS) is 19.3. The van der Waals surface area contributed by atoms with Crippen LogP contribution in [0.5, 0.6) is 0 Å². The number of rotatable bonds is 5. The maximum atomic E-state index is 12.9. The number of nitrogens with zero attached hydrogens (tertiary/aromatic N) is 1. The summed E-state index contributed by atoms with van der Waals surface area (Å²) < 4.78 is 12.9. The van der Waals surface area contributed by atoms with Crippen molar-refractivity contribution < 1.29 is 14.0 Å². The number of para-hydroxylation sites is 1. The zero-order valence-electron chi connectivity index (χ0n) is 15.5. The average molecular weight is 368 g/mol. The van der Waals surface area contributed by atoms with Crippen molar-refractivity contribution in [3.8, 4) is 0 Å². The molecule has 0 heterocycles. The van der Waals surface area contributed by atoms with Crippen molar-refractivity contribution in [3.63, 3.8) is 0 Å². The molecule has 1 N–H and O–H groups in total. The molecule has 0 unspecified atom stereocenters. The van der Waals surface area contributed by atoms with Crippen LogP contribution >= 0.6 is 0 Å². The van der Waals surface area contributed by atoms with Crippen LogP contribution in [0.1, 0.15) is 31.2 Å². The fourth-order valence-electron chi connectivity index (χ4n) is 3.59. The van der Waals surface area contributed by atoms with Crippen molar-refractivity contribution in [1.82, 2.24) is 5.32 Å². The van der Waals surface area contributed by atoms with Gasteiger partial charge in [0.05, 0.1) is 0 Å². The second-order valence-corrected chi connectivity index (χ2v) is 7.13. The lowest BCUT2D eigenvalue weighted by molar-refractivity contribution is -0.129. The molecule has 3 rings (SSSR count). The Morgan fingerprint density at radius 3 is 2.19 bits per heavy atom. The van der Waals surface area contributed by atoms with Gasteiger partial charge < -0.3 is 10.2 Å². The summed E-state index contributed by atoms with van der Waals surface area (Å²) in [5.74, 6) is -0.241. The molecule has 142 valence electrons. The lowest BCUT2D eigenvalue weighted by Gasteiger charge is -2.30. The van der Waals surface area contributed by atoms with Crippen LogP contribution in [0.3, 0.4) is 0 Å². The summed E-state index contributed by atoms with van der Waals surface area (Å²) in [6, 6.07) is 15.7. The second kappa shape index (κ2) is 8.80. The van der Waals surface area contributed by atoms with Crippen molar-refractivity contribution in [3.05, 3.63) is 66.0 Å². The topological polar surface area (TPSA) is 49.4 Å². The van der Waals surface area contributed by atoms with E-state index >= 15 is 0 Å². The van der Waals surface area contributed by atoms with Crippen LogP contribution in [-0.2, 0) is 16.1 Å². The molecular formula is C22H25FN2O2. The van der Waals surface area contributed by atoms with Gasteiger partial charge >= 0.3 is 0 Å². The van der Waals surface area contributed by atoms with Gasteiger partial charge in [0.1, 0.15) is 5.82 Å². The van der Waals surface area contributed by atoms with Gasteiger partial charge in [-0.25, -0.2) is 4.39 Å². The van der Waals surface area contributed by atoms with Crippen LogP contribution in [0.2, 0.25) is 0 Å². The first-order valence-electron chi connectivity index (χ1n) is 9.39. The van der Waals surface area contributed by atoms with E-state index in [2.05, 4.69) is 5.32 Å². The third-order valence-electron chi connectivity index (χ3n) is 5.30. The van der Waals surface area contributed by atoms with E-state index in [0.717, 1.165) is 24.1 Å². The molecule has 0 radical (unpaired) electrons. The monoisotopic (exact) mass is 368 g/mol. The van der Waals surface area contributed by atoms with Crippen molar-refractivity contribution in [2.45, 2.75) is 32.2 Å². The molecule has 1 fully saturated rings. The number of carbonyl (C=O) groups excluding carboxylic acids is 2. The smallest absolute Gasteiger partial charge is 0.229 e. The number of anilines is 1. The Kier molecular flexibility index (Phi) is 6.22. The number of benzene rings is 2. The highest BCUT2D eigenvalue weighted by Gasteiger charge is 2.31. The first-order chi connectivity index (χ1) is 13.0. The van der Waals surface area contributed by atoms with Gasteiger partial charge in [0.2, 0.25) is 11.8 Å². The summed E-state index contributed by atoms with van der Waals surface area (Å²) >= 11 is 0. The van der Waals surface area contributed by atoms with Crippen LogP contribution < -0.4 is 10.2 Å². The van der Waals surface area contributed by atoms with Crippen LogP contribution in [-0.4, -0.2) is 18.9 Å². The third-order valence-corrected chi connectivity index (χ3v) is 5.30. The van der Waals surface area contributed by atoms with Crippen molar-refractivity contribution in [1.29, 1.82) is 0 Å². The van der Waals surface area contributed by atoms with E-state index in [9.17, 15) is 14.0 Å². The Bertz CT molecular complexity index is 769. The minimum absolute atomic E-state index is 0.0154. The van der Waals surface area contributed by atoms with Crippen LogP contribution in [0.4, 0.5) is 10.1 Å². The summed E-state index contributed by atoms with van der Waals surface area (Å²) in [7, 11) is 1.80. The minimum Gasteiger partial charge on any atom is -0.352 e. The van der Waals surface area contributed by atoms with Gasteiger partial charge in [0.15, 0.2) is 0 Å². The van der Waals surface area contributed by atoms with E-state index in [-0.39, 0.29) is 29.5 Å². The van der Waals surface area contributed by atoms with Crippen molar-refractivity contribution in [2.24, 2.45) is 11.8 Å². The zero-order valence-corrected chi connectivity index (χ0v) is 15.5. The van der Waals surface area contributed by atoms with E-state index in [1.165, 1.54) is 12.1 Å². The molecule has 0 bridgehead atoms. The highest BCUT2D eigenvalue weighted by Crippen LogP contribution is 2.31. The molecule has 0 saturated heterocycles. The summed E-state index contributed by atoms with van der Waals surface area (Å²) in [6.07, 6.45) is 2.89. The fourth-order valence-corrected chi connectivity index (χ4v) is 3.59. The van der Waals surface area contributed by atoms with E-state index in [1.807, 2.05) is 30.3 Å². The predicted octanol–water partition coefficient (Wildman–Crippen LogP) is 3.91. The average Bonchev–Trinajstić information content (AvgIpc) is 2.73. The van der Waals surface area contributed by atoms with Gasteiger partial charge in [0, 0.05) is 31.1 Å². The lowest BCUT2D eigenvalue weighted by Crippen LogP contribution is -2.38. The second-order valence-electron chi connectivity index (χ2n) is 7.13. The lowest BCUT2D eigenvalue weighted by atomic mass is 9.81. The Hall–Kier alpha value is -2.69. The number of nitrogens with one attached hydrogen (secondary N) is 1. The van der Waals surface area contributed by atoms with Gasteiger partial charge in [-0.15, -0.1) is 0 Å². The fraction of sp³-hybridized carbons (Fsp3) is 0.364. The molecule has 2 aromatic carbocycles.